The molecular formula is C12H19N3O3. The van der Waals surface area contributed by atoms with Gasteiger partial charge in [0.1, 0.15) is 18.1 Å². The van der Waals surface area contributed by atoms with E-state index >= 15 is 0 Å². The second kappa shape index (κ2) is 8.32. The summed E-state index contributed by atoms with van der Waals surface area (Å²) in [5.41, 5.74) is 7.54. The maximum absolute atomic E-state index is 10.5. The van der Waals surface area contributed by atoms with Crippen molar-refractivity contribution in [3.05, 3.63) is 24.3 Å². The smallest absolute Gasteiger partial charge is 0.217 e. The van der Waals surface area contributed by atoms with Crippen LogP contribution in [0.3, 0.4) is 0 Å². The van der Waals surface area contributed by atoms with E-state index in [9.17, 15) is 4.79 Å². The Labute approximate surface area is 106 Å². The first kappa shape index (κ1) is 14.3. The maximum atomic E-state index is 10.5. The Morgan fingerprint density at radius 3 is 2.50 bits per heavy atom. The second-order valence-corrected chi connectivity index (χ2v) is 3.70. The Hall–Kier alpha value is -1.79. The van der Waals surface area contributed by atoms with Crippen molar-refractivity contribution < 1.29 is 14.3 Å². The maximum Gasteiger partial charge on any atom is 0.217 e. The third-order valence-electron chi connectivity index (χ3n) is 2.16. The largest absolute Gasteiger partial charge is 0.493 e. The number of nitrogens with two attached hydrogens (primary N) is 2. The molecule has 0 atom stereocenters. The number of ether oxygens (including phenoxy) is 2. The van der Waals surface area contributed by atoms with Gasteiger partial charge < -0.3 is 15.2 Å². The Bertz CT molecular complexity index is 371. The van der Waals surface area contributed by atoms with Crippen LogP contribution in [0.4, 0.5) is 0 Å². The SMILES string of the molecule is NNCCOc1cccc(OCCCC(N)=O)c1. The van der Waals surface area contributed by atoms with Crippen LogP contribution in [-0.2, 0) is 4.79 Å². The van der Waals surface area contributed by atoms with Gasteiger partial charge in [0.25, 0.3) is 0 Å². The molecule has 0 radical (unpaired) electrons. The number of nitrogens with one attached hydrogen (secondary N) is 1. The highest BCUT2D eigenvalue weighted by Gasteiger charge is 1.99. The van der Waals surface area contributed by atoms with E-state index in [0.717, 1.165) is 5.75 Å². The summed E-state index contributed by atoms with van der Waals surface area (Å²) >= 11 is 0. The lowest BCUT2D eigenvalue weighted by molar-refractivity contribution is -0.118. The number of primary amides is 1. The lowest BCUT2D eigenvalue weighted by Crippen LogP contribution is -2.27. The monoisotopic (exact) mass is 253 g/mol. The van der Waals surface area contributed by atoms with Crippen LogP contribution in [0.2, 0.25) is 0 Å². The van der Waals surface area contributed by atoms with E-state index in [4.69, 9.17) is 21.1 Å². The van der Waals surface area contributed by atoms with Crippen molar-refractivity contribution in [3.63, 3.8) is 0 Å². The number of amides is 1. The second-order valence-electron chi connectivity index (χ2n) is 3.70. The van der Waals surface area contributed by atoms with E-state index in [0.29, 0.717) is 38.3 Å². The summed E-state index contributed by atoms with van der Waals surface area (Å²) in [5.74, 6) is 6.25. The Morgan fingerprint density at radius 2 is 1.89 bits per heavy atom. The number of carbonyl (C=O) groups excluding carboxylic acids is 1. The van der Waals surface area contributed by atoms with Crippen LogP contribution in [0, 0.1) is 0 Å². The molecule has 0 bridgehead atoms. The fourth-order valence-corrected chi connectivity index (χ4v) is 1.32. The van der Waals surface area contributed by atoms with E-state index < -0.39 is 0 Å². The molecule has 0 saturated heterocycles. The summed E-state index contributed by atoms with van der Waals surface area (Å²) in [4.78, 5) is 10.5. The average molecular weight is 253 g/mol. The number of hydrazine groups is 1. The van der Waals surface area contributed by atoms with Crippen molar-refractivity contribution in [2.75, 3.05) is 19.8 Å². The van der Waals surface area contributed by atoms with Gasteiger partial charge in [-0.2, -0.15) is 0 Å². The molecule has 0 aromatic heterocycles. The van der Waals surface area contributed by atoms with Gasteiger partial charge in [0.05, 0.1) is 6.61 Å². The van der Waals surface area contributed by atoms with E-state index in [-0.39, 0.29) is 5.91 Å². The van der Waals surface area contributed by atoms with Crippen molar-refractivity contribution >= 4 is 5.91 Å². The van der Waals surface area contributed by atoms with Gasteiger partial charge in [-0.1, -0.05) is 6.07 Å². The molecule has 0 aliphatic heterocycles. The predicted octanol–water partition coefficient (Wildman–Crippen LogP) is 0.173. The molecule has 0 aliphatic rings. The van der Waals surface area contributed by atoms with Crippen LogP contribution in [0.5, 0.6) is 11.5 Å². The summed E-state index contributed by atoms with van der Waals surface area (Å²) < 4.78 is 10.9. The normalized spacial score (nSPS) is 10.1. The van der Waals surface area contributed by atoms with Crippen molar-refractivity contribution in [2.45, 2.75) is 12.8 Å². The average Bonchev–Trinajstić information content (AvgIpc) is 2.35. The molecule has 1 aromatic carbocycles. The molecule has 0 saturated carbocycles. The number of hydrogen-bond acceptors (Lipinski definition) is 5. The number of hydrogen-bond donors (Lipinski definition) is 3. The molecule has 100 valence electrons. The van der Waals surface area contributed by atoms with E-state index in [1.807, 2.05) is 18.2 Å². The fourth-order valence-electron chi connectivity index (χ4n) is 1.32. The van der Waals surface area contributed by atoms with Crippen LogP contribution in [0.15, 0.2) is 24.3 Å². The third kappa shape index (κ3) is 6.07. The van der Waals surface area contributed by atoms with Gasteiger partial charge in [0.15, 0.2) is 0 Å². The van der Waals surface area contributed by atoms with Gasteiger partial charge in [-0.25, -0.2) is 0 Å². The molecule has 1 rings (SSSR count). The van der Waals surface area contributed by atoms with Crippen molar-refractivity contribution in [1.82, 2.24) is 5.43 Å². The summed E-state index contributed by atoms with van der Waals surface area (Å²) in [6, 6.07) is 7.31. The summed E-state index contributed by atoms with van der Waals surface area (Å²) in [6.45, 7) is 1.52. The Morgan fingerprint density at radius 1 is 1.22 bits per heavy atom. The summed E-state index contributed by atoms with van der Waals surface area (Å²) in [7, 11) is 0. The standard InChI is InChI=1S/C12H19N3O3/c13-12(16)5-2-7-17-10-3-1-4-11(9-10)18-8-6-15-14/h1,3-4,9,15H,2,5-8,14H2,(H2,13,16). The fraction of sp³-hybridized carbons (Fsp3) is 0.417. The van der Waals surface area contributed by atoms with E-state index in [1.54, 1.807) is 6.07 Å². The number of carbonyl (C=O) groups is 1. The van der Waals surface area contributed by atoms with Crippen molar-refractivity contribution in [2.24, 2.45) is 11.6 Å². The minimum absolute atomic E-state index is 0.315. The van der Waals surface area contributed by atoms with Gasteiger partial charge >= 0.3 is 0 Å². The van der Waals surface area contributed by atoms with Crippen LogP contribution < -0.4 is 26.5 Å². The predicted molar refractivity (Wildman–Crippen MR) is 68.1 cm³/mol. The zero-order valence-corrected chi connectivity index (χ0v) is 10.2. The van der Waals surface area contributed by atoms with Crippen LogP contribution in [0.1, 0.15) is 12.8 Å². The Balaban J connectivity index is 2.32. The van der Waals surface area contributed by atoms with Crippen molar-refractivity contribution in [1.29, 1.82) is 0 Å². The quantitative estimate of drug-likeness (QED) is 0.331. The van der Waals surface area contributed by atoms with Crippen LogP contribution in [-0.4, -0.2) is 25.7 Å². The molecule has 5 N–H and O–H groups in total. The highest BCUT2D eigenvalue weighted by atomic mass is 16.5. The third-order valence-corrected chi connectivity index (χ3v) is 2.16. The molecular weight excluding hydrogens is 234 g/mol. The molecule has 0 aliphatic carbocycles. The molecule has 6 nitrogen and oxygen atoms in total. The van der Waals surface area contributed by atoms with Gasteiger partial charge in [-0.3, -0.25) is 16.1 Å². The minimum Gasteiger partial charge on any atom is -0.493 e. The molecule has 0 spiro atoms. The highest BCUT2D eigenvalue weighted by Crippen LogP contribution is 2.19. The van der Waals surface area contributed by atoms with Gasteiger partial charge in [0, 0.05) is 19.0 Å². The van der Waals surface area contributed by atoms with Gasteiger partial charge in [-0.15, -0.1) is 0 Å². The molecule has 1 amide bonds. The lowest BCUT2D eigenvalue weighted by atomic mass is 10.3. The molecule has 1 aromatic rings. The van der Waals surface area contributed by atoms with Crippen LogP contribution in [0.25, 0.3) is 0 Å². The Kier molecular flexibility index (Phi) is 6.60. The van der Waals surface area contributed by atoms with Crippen molar-refractivity contribution in [3.8, 4) is 11.5 Å². The van der Waals surface area contributed by atoms with Crippen LogP contribution >= 0.6 is 0 Å². The number of rotatable bonds is 9. The first-order valence-electron chi connectivity index (χ1n) is 5.80. The molecule has 0 heterocycles. The topological polar surface area (TPSA) is 99.6 Å². The van der Waals surface area contributed by atoms with E-state index in [2.05, 4.69) is 5.43 Å². The molecule has 0 unspecified atom stereocenters. The first-order chi connectivity index (χ1) is 8.72. The minimum atomic E-state index is -0.315. The summed E-state index contributed by atoms with van der Waals surface area (Å²) in [6.07, 6.45) is 0.940. The highest BCUT2D eigenvalue weighted by molar-refractivity contribution is 5.73. The first-order valence-corrected chi connectivity index (χ1v) is 5.80. The molecule has 18 heavy (non-hydrogen) atoms. The lowest BCUT2D eigenvalue weighted by Gasteiger charge is -2.09. The zero-order valence-electron chi connectivity index (χ0n) is 10.2. The summed E-state index contributed by atoms with van der Waals surface area (Å²) in [5, 5.41) is 0. The number of benzene rings is 1. The van der Waals surface area contributed by atoms with E-state index in [1.165, 1.54) is 0 Å². The molecule has 6 heteroatoms. The van der Waals surface area contributed by atoms with Gasteiger partial charge in [-0.05, 0) is 18.6 Å². The zero-order chi connectivity index (χ0) is 13.2. The molecule has 0 fully saturated rings. The van der Waals surface area contributed by atoms with Gasteiger partial charge in [0.2, 0.25) is 5.91 Å².